The summed E-state index contributed by atoms with van der Waals surface area (Å²) in [5, 5.41) is 6.31. The number of para-hydroxylation sites is 1. The molecule has 0 unspecified atom stereocenters. The number of thiocarbonyl (C=S) groups is 1. The quantitative estimate of drug-likeness (QED) is 0.400. The molecule has 4 aromatic rings. The van der Waals surface area contributed by atoms with Crippen LogP contribution in [0, 0.1) is 0 Å². The van der Waals surface area contributed by atoms with Gasteiger partial charge >= 0.3 is 0 Å². The summed E-state index contributed by atoms with van der Waals surface area (Å²) in [5.41, 5.74) is 4.05. The summed E-state index contributed by atoms with van der Waals surface area (Å²) in [4.78, 5) is 13.7. The topological polar surface area (TPSA) is 44.3 Å². The van der Waals surface area contributed by atoms with Gasteiger partial charge in [-0.15, -0.1) is 0 Å². The van der Waals surface area contributed by atoms with E-state index in [1.807, 2.05) is 12.1 Å². The fraction of sp³-hybridized carbons (Fsp3) is 0.174. The first-order valence-electron chi connectivity index (χ1n) is 9.78. The highest BCUT2D eigenvalue weighted by Crippen LogP contribution is 2.29. The number of aromatic nitrogens is 2. The van der Waals surface area contributed by atoms with Crippen molar-refractivity contribution in [1.82, 2.24) is 14.9 Å². The Bertz CT molecular complexity index is 1170. The van der Waals surface area contributed by atoms with Gasteiger partial charge in [-0.3, -0.25) is 9.97 Å². The molecule has 144 valence electrons. The minimum atomic E-state index is 0.756. The van der Waals surface area contributed by atoms with Crippen molar-refractivity contribution < 1.29 is 0 Å². The Morgan fingerprint density at radius 2 is 1.55 bits per heavy atom. The minimum Gasteiger partial charge on any atom is -0.368 e. The molecule has 3 heterocycles. The molecule has 0 radical (unpaired) electrons. The summed E-state index contributed by atoms with van der Waals surface area (Å²) in [5.74, 6) is 0. The van der Waals surface area contributed by atoms with Gasteiger partial charge in [0.05, 0.1) is 16.7 Å². The molecule has 1 fully saturated rings. The molecule has 1 saturated heterocycles. The van der Waals surface area contributed by atoms with Crippen molar-refractivity contribution in [3.63, 3.8) is 0 Å². The smallest absolute Gasteiger partial charge is 0.173 e. The van der Waals surface area contributed by atoms with Crippen LogP contribution in [0.15, 0.2) is 73.1 Å². The molecule has 1 aliphatic heterocycles. The maximum atomic E-state index is 5.76. The van der Waals surface area contributed by atoms with Crippen LogP contribution >= 0.6 is 12.2 Å². The Morgan fingerprint density at radius 3 is 2.34 bits per heavy atom. The molecule has 1 aliphatic rings. The highest BCUT2D eigenvalue weighted by Gasteiger charge is 2.20. The Morgan fingerprint density at radius 1 is 0.828 bits per heavy atom. The third-order valence-corrected chi connectivity index (χ3v) is 5.75. The van der Waals surface area contributed by atoms with Crippen LogP contribution in [0.4, 0.5) is 11.4 Å². The zero-order valence-corrected chi connectivity index (χ0v) is 16.8. The maximum Gasteiger partial charge on any atom is 0.173 e. The highest BCUT2D eigenvalue weighted by atomic mass is 32.1. The number of pyridine rings is 2. The molecule has 5 nitrogen and oxygen atoms in total. The van der Waals surface area contributed by atoms with E-state index in [1.54, 1.807) is 12.4 Å². The number of nitrogens with zero attached hydrogens (tertiary/aromatic N) is 4. The van der Waals surface area contributed by atoms with Crippen LogP contribution in [0.1, 0.15) is 0 Å². The Labute approximate surface area is 175 Å². The van der Waals surface area contributed by atoms with Crippen LogP contribution in [0.2, 0.25) is 0 Å². The lowest BCUT2D eigenvalue weighted by Gasteiger charge is -2.37. The van der Waals surface area contributed by atoms with Crippen LogP contribution < -0.4 is 10.2 Å². The van der Waals surface area contributed by atoms with Gasteiger partial charge in [0.2, 0.25) is 0 Å². The molecular formula is C23H21N5S. The number of anilines is 2. The predicted octanol–water partition coefficient (Wildman–Crippen LogP) is 4.30. The number of nitrogens with one attached hydrogen (secondary N) is 1. The second-order valence-corrected chi connectivity index (χ2v) is 7.53. The van der Waals surface area contributed by atoms with Crippen LogP contribution in [-0.2, 0) is 0 Å². The summed E-state index contributed by atoms with van der Waals surface area (Å²) in [6.45, 7) is 3.70. The van der Waals surface area contributed by atoms with Gasteiger partial charge in [0, 0.05) is 55.0 Å². The van der Waals surface area contributed by atoms with Gasteiger partial charge in [0.15, 0.2) is 5.11 Å². The zero-order valence-electron chi connectivity index (χ0n) is 16.0. The third-order valence-electron chi connectivity index (χ3n) is 5.39. The summed E-state index contributed by atoms with van der Waals surface area (Å²) in [7, 11) is 0. The fourth-order valence-electron chi connectivity index (χ4n) is 3.88. The van der Waals surface area contributed by atoms with Gasteiger partial charge in [0.1, 0.15) is 0 Å². The molecule has 0 saturated carbocycles. The molecule has 2 aromatic heterocycles. The molecule has 0 spiro atoms. The van der Waals surface area contributed by atoms with Gasteiger partial charge in [0.25, 0.3) is 0 Å². The largest absolute Gasteiger partial charge is 0.368 e. The average Bonchev–Trinajstić information content (AvgIpc) is 2.80. The first-order valence-corrected chi connectivity index (χ1v) is 10.2. The van der Waals surface area contributed by atoms with E-state index in [1.165, 1.54) is 5.69 Å². The van der Waals surface area contributed by atoms with Crippen molar-refractivity contribution in [3.05, 3.63) is 73.1 Å². The van der Waals surface area contributed by atoms with Crippen LogP contribution in [0.5, 0.6) is 0 Å². The molecule has 0 bridgehead atoms. The SMILES string of the molecule is S=C(Nc1cc2cccnc2c2ncccc12)N1CCN(c2ccccc2)CC1. The average molecular weight is 400 g/mol. The van der Waals surface area contributed by atoms with Gasteiger partial charge < -0.3 is 15.1 Å². The van der Waals surface area contributed by atoms with Gasteiger partial charge in [-0.1, -0.05) is 24.3 Å². The van der Waals surface area contributed by atoms with Crippen molar-refractivity contribution in [1.29, 1.82) is 0 Å². The van der Waals surface area contributed by atoms with Crippen LogP contribution in [0.25, 0.3) is 21.8 Å². The number of hydrogen-bond acceptors (Lipinski definition) is 4. The first-order chi connectivity index (χ1) is 14.3. The molecule has 0 amide bonds. The van der Waals surface area contributed by atoms with Crippen molar-refractivity contribution in [2.24, 2.45) is 0 Å². The normalized spacial score (nSPS) is 14.3. The number of rotatable bonds is 2. The molecule has 29 heavy (non-hydrogen) atoms. The molecule has 5 rings (SSSR count). The summed E-state index contributed by atoms with van der Waals surface area (Å²) >= 11 is 5.76. The van der Waals surface area contributed by atoms with E-state index in [0.29, 0.717) is 0 Å². The van der Waals surface area contributed by atoms with Gasteiger partial charge in [-0.05, 0) is 48.6 Å². The summed E-state index contributed by atoms with van der Waals surface area (Å²) in [6, 6.07) is 20.7. The van der Waals surface area contributed by atoms with Crippen molar-refractivity contribution >= 4 is 50.5 Å². The van der Waals surface area contributed by atoms with Gasteiger partial charge in [-0.25, -0.2) is 0 Å². The molecular weight excluding hydrogens is 378 g/mol. The molecule has 1 N–H and O–H groups in total. The van der Waals surface area contributed by atoms with E-state index in [-0.39, 0.29) is 0 Å². The highest BCUT2D eigenvalue weighted by molar-refractivity contribution is 7.80. The molecule has 0 atom stereocenters. The van der Waals surface area contributed by atoms with E-state index in [4.69, 9.17) is 12.2 Å². The standard InChI is InChI=1S/C23H21N5S/c29-23(28-14-12-27(13-15-28)18-7-2-1-3-8-18)26-20-16-17-6-4-10-24-21(17)22-19(20)9-5-11-25-22/h1-11,16H,12-15H2,(H,26,29). The van der Waals surface area contributed by atoms with Gasteiger partial charge in [-0.2, -0.15) is 0 Å². The number of hydrogen-bond donors (Lipinski definition) is 1. The zero-order chi connectivity index (χ0) is 19.6. The van der Waals surface area contributed by atoms with E-state index in [0.717, 1.165) is 58.8 Å². The summed E-state index contributed by atoms with van der Waals surface area (Å²) < 4.78 is 0. The van der Waals surface area contributed by atoms with Crippen molar-refractivity contribution in [2.75, 3.05) is 36.4 Å². The second kappa shape index (κ2) is 7.64. The lowest BCUT2D eigenvalue weighted by atomic mass is 10.1. The van der Waals surface area contributed by atoms with Crippen LogP contribution in [0.3, 0.4) is 0 Å². The minimum absolute atomic E-state index is 0.756. The predicted molar refractivity (Wildman–Crippen MR) is 123 cm³/mol. The van der Waals surface area contributed by atoms with Crippen LogP contribution in [-0.4, -0.2) is 46.2 Å². The lowest BCUT2D eigenvalue weighted by molar-refractivity contribution is 0.391. The monoisotopic (exact) mass is 399 g/mol. The first kappa shape index (κ1) is 17.8. The Hall–Kier alpha value is -3.25. The number of benzene rings is 2. The fourth-order valence-corrected chi connectivity index (χ4v) is 4.17. The Kier molecular flexibility index (Phi) is 4.69. The van der Waals surface area contributed by atoms with E-state index in [2.05, 4.69) is 73.6 Å². The van der Waals surface area contributed by atoms with Crippen molar-refractivity contribution in [2.45, 2.75) is 0 Å². The van der Waals surface area contributed by atoms with E-state index < -0.39 is 0 Å². The third kappa shape index (κ3) is 3.47. The van der Waals surface area contributed by atoms with E-state index >= 15 is 0 Å². The summed E-state index contributed by atoms with van der Waals surface area (Å²) in [6.07, 6.45) is 3.61. The second-order valence-electron chi connectivity index (χ2n) is 7.14. The number of piperazine rings is 1. The van der Waals surface area contributed by atoms with Crippen molar-refractivity contribution in [3.8, 4) is 0 Å². The van der Waals surface area contributed by atoms with E-state index in [9.17, 15) is 0 Å². The Balaban J connectivity index is 1.36. The number of fused-ring (bicyclic) bond motifs is 3. The molecule has 2 aromatic carbocycles. The maximum absolute atomic E-state index is 5.76. The lowest BCUT2D eigenvalue weighted by Crippen LogP contribution is -2.50. The molecule has 6 heteroatoms. The molecule has 0 aliphatic carbocycles.